The average Bonchev–Trinajstić information content (AvgIpc) is 2.27. The monoisotopic (exact) mass is 238 g/mol. The Labute approximate surface area is 105 Å². The summed E-state index contributed by atoms with van der Waals surface area (Å²) in [7, 11) is 1.91. The molecule has 0 aromatic rings. The minimum absolute atomic E-state index is 0.519. The van der Waals surface area contributed by atoms with Crippen molar-refractivity contribution in [2.45, 2.75) is 34.1 Å². The van der Waals surface area contributed by atoms with Gasteiger partial charge in [-0.05, 0) is 32.3 Å². The van der Waals surface area contributed by atoms with Crippen molar-refractivity contribution in [1.29, 1.82) is 0 Å². The second kappa shape index (κ2) is 8.22. The Kier molecular flexibility index (Phi) is 7.73. The molecule has 0 spiro atoms. The zero-order valence-corrected chi connectivity index (χ0v) is 11.7. The van der Waals surface area contributed by atoms with Gasteiger partial charge >= 0.3 is 0 Å². The molecule has 0 aromatic carbocycles. The van der Waals surface area contributed by atoms with Gasteiger partial charge in [0, 0.05) is 19.5 Å². The van der Waals surface area contributed by atoms with Crippen LogP contribution in [0.25, 0.3) is 0 Å². The van der Waals surface area contributed by atoms with E-state index in [-0.39, 0.29) is 0 Å². The first-order valence-corrected chi connectivity index (χ1v) is 6.05. The molecule has 16 heavy (non-hydrogen) atoms. The van der Waals surface area contributed by atoms with Crippen LogP contribution in [0, 0.1) is 5.92 Å². The van der Waals surface area contributed by atoms with Crippen LogP contribution in [-0.2, 0) is 0 Å². The van der Waals surface area contributed by atoms with Gasteiger partial charge in [0.15, 0.2) is 0 Å². The first kappa shape index (κ1) is 15.0. The quantitative estimate of drug-likeness (QED) is 0.397. The number of hydrogen-bond acceptors (Lipinski definition) is 2. The van der Waals surface area contributed by atoms with E-state index in [1.54, 1.807) is 5.49 Å². The van der Waals surface area contributed by atoms with Gasteiger partial charge < -0.3 is 4.90 Å². The van der Waals surface area contributed by atoms with E-state index in [1.807, 2.05) is 30.4 Å². The van der Waals surface area contributed by atoms with Crippen LogP contribution in [0.2, 0.25) is 0 Å². The summed E-state index contributed by atoms with van der Waals surface area (Å²) in [5.41, 5.74) is 3.80. The van der Waals surface area contributed by atoms with Gasteiger partial charge in [-0.1, -0.05) is 31.6 Å². The van der Waals surface area contributed by atoms with E-state index in [9.17, 15) is 0 Å². The van der Waals surface area contributed by atoms with Crippen LogP contribution < -0.4 is 0 Å². The molecule has 0 fully saturated rings. The van der Waals surface area contributed by atoms with E-state index in [1.165, 1.54) is 5.57 Å². The fourth-order valence-electron chi connectivity index (χ4n) is 0.875. The fourth-order valence-corrected chi connectivity index (χ4v) is 0.945. The molecule has 0 aromatic heterocycles. The normalized spacial score (nSPS) is 13.1. The Morgan fingerprint density at radius 3 is 2.50 bits per heavy atom. The van der Waals surface area contributed by atoms with Gasteiger partial charge in [0.1, 0.15) is 0 Å². The van der Waals surface area contributed by atoms with Gasteiger partial charge in [-0.15, -0.1) is 0 Å². The van der Waals surface area contributed by atoms with E-state index < -0.39 is 0 Å². The molecule has 90 valence electrons. The van der Waals surface area contributed by atoms with E-state index in [0.29, 0.717) is 5.92 Å². The standard InChI is InChI=1S/C13H22N2S/c1-6-12(4)9-14-13(11(2)3)7-8-15(5)10-16/h7-10,12H,6H2,1-5H3/b8-7-,14-9-. The van der Waals surface area contributed by atoms with Crippen LogP contribution in [0.1, 0.15) is 34.1 Å². The topological polar surface area (TPSA) is 15.6 Å². The molecule has 0 aliphatic carbocycles. The van der Waals surface area contributed by atoms with Crippen molar-refractivity contribution >= 4 is 23.9 Å². The number of rotatable bonds is 6. The molecule has 0 aliphatic heterocycles. The van der Waals surface area contributed by atoms with Crippen molar-refractivity contribution in [2.24, 2.45) is 10.9 Å². The van der Waals surface area contributed by atoms with E-state index in [4.69, 9.17) is 12.2 Å². The van der Waals surface area contributed by atoms with Crippen LogP contribution in [-0.4, -0.2) is 23.7 Å². The van der Waals surface area contributed by atoms with E-state index >= 15 is 0 Å². The maximum absolute atomic E-state index is 4.81. The molecule has 0 saturated heterocycles. The first-order valence-electron chi connectivity index (χ1n) is 5.58. The predicted molar refractivity (Wildman–Crippen MR) is 76.9 cm³/mol. The van der Waals surface area contributed by atoms with Gasteiger partial charge in [0.25, 0.3) is 0 Å². The molecule has 2 nitrogen and oxygen atoms in total. The lowest BCUT2D eigenvalue weighted by molar-refractivity contribution is 0.721. The van der Waals surface area contributed by atoms with E-state index in [0.717, 1.165) is 12.1 Å². The number of allylic oxidation sites excluding steroid dienone is 2. The molecule has 1 unspecified atom stereocenters. The number of thiocarbonyl (C=S) groups is 1. The Hall–Kier alpha value is -0.960. The summed E-state index contributed by atoms with van der Waals surface area (Å²) in [4.78, 5) is 6.32. The minimum Gasteiger partial charge on any atom is -0.348 e. The maximum atomic E-state index is 4.81. The van der Waals surface area contributed by atoms with Gasteiger partial charge in [-0.3, -0.25) is 4.99 Å². The second-order valence-corrected chi connectivity index (χ2v) is 4.35. The highest BCUT2D eigenvalue weighted by molar-refractivity contribution is 7.78. The molecule has 0 bridgehead atoms. The van der Waals surface area contributed by atoms with Crippen molar-refractivity contribution in [3.8, 4) is 0 Å². The van der Waals surface area contributed by atoms with Crippen molar-refractivity contribution < 1.29 is 0 Å². The predicted octanol–water partition coefficient (Wildman–Crippen LogP) is 3.80. The highest BCUT2D eigenvalue weighted by atomic mass is 32.1. The molecule has 0 saturated carbocycles. The Morgan fingerprint density at radius 1 is 1.44 bits per heavy atom. The summed E-state index contributed by atoms with van der Waals surface area (Å²) in [5.74, 6) is 0.519. The first-order chi connectivity index (χ1) is 7.51. The summed E-state index contributed by atoms with van der Waals surface area (Å²) in [6.45, 7) is 8.45. The third-order valence-corrected chi connectivity index (χ3v) is 2.59. The molecular formula is C13H22N2S. The fraction of sp³-hybridized carbons (Fsp3) is 0.538. The van der Waals surface area contributed by atoms with Gasteiger partial charge in [0.05, 0.1) is 11.2 Å². The number of hydrogen-bond donors (Lipinski definition) is 0. The number of aliphatic imine (C=N–C) groups is 1. The minimum atomic E-state index is 0.519. The lowest BCUT2D eigenvalue weighted by Gasteiger charge is -2.05. The summed E-state index contributed by atoms with van der Waals surface area (Å²) in [6, 6.07) is 0. The maximum Gasteiger partial charge on any atom is 0.0678 e. The van der Waals surface area contributed by atoms with Crippen LogP contribution in [0.4, 0.5) is 0 Å². The molecule has 0 aliphatic rings. The third-order valence-electron chi connectivity index (χ3n) is 2.26. The summed E-state index contributed by atoms with van der Waals surface area (Å²) >= 11 is 4.81. The lowest BCUT2D eigenvalue weighted by atomic mass is 10.1. The molecular weight excluding hydrogens is 216 g/mol. The highest BCUT2D eigenvalue weighted by Gasteiger charge is 1.95. The third kappa shape index (κ3) is 6.51. The Balaban J connectivity index is 4.67. The van der Waals surface area contributed by atoms with Crippen molar-refractivity contribution in [1.82, 2.24) is 4.90 Å². The highest BCUT2D eigenvalue weighted by Crippen LogP contribution is 2.08. The van der Waals surface area contributed by atoms with Gasteiger partial charge in [0.2, 0.25) is 0 Å². The lowest BCUT2D eigenvalue weighted by Crippen LogP contribution is -2.04. The van der Waals surface area contributed by atoms with Gasteiger partial charge in [-0.2, -0.15) is 0 Å². The van der Waals surface area contributed by atoms with Crippen LogP contribution in [0.3, 0.4) is 0 Å². The van der Waals surface area contributed by atoms with E-state index in [2.05, 4.69) is 32.7 Å². The summed E-state index contributed by atoms with van der Waals surface area (Å²) in [6.07, 6.45) is 7.02. The smallest absolute Gasteiger partial charge is 0.0678 e. The molecule has 0 radical (unpaired) electrons. The molecule has 3 heteroatoms. The van der Waals surface area contributed by atoms with Gasteiger partial charge in [-0.25, -0.2) is 0 Å². The number of nitrogens with zero attached hydrogens (tertiary/aromatic N) is 2. The zero-order chi connectivity index (χ0) is 12.6. The van der Waals surface area contributed by atoms with Crippen molar-refractivity contribution in [3.05, 3.63) is 23.5 Å². The molecule has 0 rings (SSSR count). The largest absolute Gasteiger partial charge is 0.348 e. The Bertz CT molecular complexity index is 299. The summed E-state index contributed by atoms with van der Waals surface area (Å²) < 4.78 is 0. The second-order valence-electron chi connectivity index (χ2n) is 4.14. The molecule has 0 heterocycles. The van der Waals surface area contributed by atoms with Crippen molar-refractivity contribution in [2.75, 3.05) is 7.05 Å². The molecule has 0 N–H and O–H groups in total. The average molecular weight is 238 g/mol. The SMILES string of the molecule is CCC(C)/C=N\C(/C=C\N(C)C=S)=C(C)C. The van der Waals surface area contributed by atoms with Crippen LogP contribution in [0.5, 0.6) is 0 Å². The molecule has 0 amide bonds. The molecule has 1 atom stereocenters. The Morgan fingerprint density at radius 2 is 2.06 bits per heavy atom. The van der Waals surface area contributed by atoms with Crippen LogP contribution in [0.15, 0.2) is 28.5 Å². The van der Waals surface area contributed by atoms with Crippen LogP contribution >= 0.6 is 12.2 Å². The van der Waals surface area contributed by atoms with Crippen molar-refractivity contribution in [3.63, 3.8) is 0 Å². The summed E-state index contributed by atoms with van der Waals surface area (Å²) in [5, 5.41) is 0. The zero-order valence-electron chi connectivity index (χ0n) is 10.9.